The monoisotopic (exact) mass is 853 g/mol. The Morgan fingerprint density at radius 2 is 1.87 bits per heavy atom. The van der Waals surface area contributed by atoms with E-state index in [1.165, 1.54) is 16.9 Å². The molecule has 4 aromatic heterocycles. The summed E-state index contributed by atoms with van der Waals surface area (Å²) in [6.07, 6.45) is 8.28. The number of nitrogens with zero attached hydrogens (tertiary/aromatic N) is 8. The Bertz CT molecular complexity index is 2500. The molecule has 3 aliphatic rings. The van der Waals surface area contributed by atoms with Gasteiger partial charge in [-0.05, 0) is 83.3 Å². The standard InChI is InChI=1S/C44H53F2N11O5/c1-44(2,61)18-19-47-35-17-22-56-41(50-35)33(24-48-56)43(60)49-34-26-57(53-38(34)40(45)46)29-11-9-27(10-12-29)25-55-20-15-30(16-21-55)62-23-5-7-28-6-4-8-31-37(52-54(3)39(28)31)32-13-14-36(58)51-42(32)59/h4,6,8,17,22,24,26-27,29-30,32,40,61H,9-16,18-21,23,25H2,1-3H3,(H,47,50)(H,49,60)(H,51,58,59). The highest BCUT2D eigenvalue weighted by Crippen LogP contribution is 2.36. The van der Waals surface area contributed by atoms with E-state index in [0.717, 1.165) is 74.6 Å². The van der Waals surface area contributed by atoms with Crippen LogP contribution in [-0.4, -0.2) is 106 Å². The molecule has 328 valence electrons. The number of carbonyl (C=O) groups is 3. The van der Waals surface area contributed by atoms with Crippen LogP contribution in [0.4, 0.5) is 20.3 Å². The molecule has 1 unspecified atom stereocenters. The third-order valence-corrected chi connectivity index (χ3v) is 12.2. The molecule has 6 heterocycles. The fourth-order valence-electron chi connectivity index (χ4n) is 8.85. The summed E-state index contributed by atoms with van der Waals surface area (Å²) < 4.78 is 39.4. The van der Waals surface area contributed by atoms with E-state index < -0.39 is 29.5 Å². The first-order valence-corrected chi connectivity index (χ1v) is 21.4. The molecule has 3 fully saturated rings. The lowest BCUT2D eigenvalue weighted by atomic mass is 9.85. The topological polar surface area (TPSA) is 186 Å². The molecule has 2 saturated heterocycles. The van der Waals surface area contributed by atoms with Gasteiger partial charge in [0.1, 0.15) is 18.0 Å². The summed E-state index contributed by atoms with van der Waals surface area (Å²) in [5.74, 6) is 5.74. The summed E-state index contributed by atoms with van der Waals surface area (Å²) in [6, 6.07) is 7.43. The van der Waals surface area contributed by atoms with E-state index in [0.29, 0.717) is 43.4 Å². The van der Waals surface area contributed by atoms with E-state index in [4.69, 9.17) is 4.74 Å². The molecule has 0 spiro atoms. The minimum absolute atomic E-state index is 0.0339. The van der Waals surface area contributed by atoms with Crippen LogP contribution < -0.4 is 16.0 Å². The summed E-state index contributed by atoms with van der Waals surface area (Å²) in [5, 5.41) is 32.2. The normalized spacial score (nSPS) is 20.4. The molecule has 1 saturated carbocycles. The van der Waals surface area contributed by atoms with Gasteiger partial charge in [0.05, 0.1) is 52.3 Å². The Morgan fingerprint density at radius 1 is 1.08 bits per heavy atom. The number of nitrogens with one attached hydrogen (secondary N) is 3. The molecule has 18 heteroatoms. The van der Waals surface area contributed by atoms with Gasteiger partial charge in [-0.15, -0.1) is 0 Å². The molecule has 1 aromatic carbocycles. The van der Waals surface area contributed by atoms with E-state index >= 15 is 0 Å². The van der Waals surface area contributed by atoms with Crippen molar-refractivity contribution >= 4 is 45.8 Å². The number of piperidine rings is 2. The van der Waals surface area contributed by atoms with Crippen LogP contribution >= 0.6 is 0 Å². The van der Waals surface area contributed by atoms with Crippen molar-refractivity contribution in [3.8, 4) is 11.8 Å². The van der Waals surface area contributed by atoms with Crippen molar-refractivity contribution in [1.29, 1.82) is 0 Å². The van der Waals surface area contributed by atoms with Gasteiger partial charge in [-0.2, -0.15) is 15.3 Å². The third-order valence-electron chi connectivity index (χ3n) is 12.2. The molecule has 16 nitrogen and oxygen atoms in total. The second kappa shape index (κ2) is 18.3. The SMILES string of the molecule is Cn1nc(C2CCC(=O)NC2=O)c2cccc(C#CCOC3CCN(CC4CCC(n5cc(NC(=O)c6cnn7ccc(NCCC(C)(C)O)nc67)c(C(F)F)n5)CC4)CC3)c21. The fraction of sp³-hybridized carbons (Fsp3) is 0.523. The molecule has 62 heavy (non-hydrogen) atoms. The van der Waals surface area contributed by atoms with Crippen molar-refractivity contribution in [3.63, 3.8) is 0 Å². The molecule has 2 aliphatic heterocycles. The number of halogens is 2. The Balaban J connectivity index is 0.796. The number of alkyl halides is 2. The van der Waals surface area contributed by atoms with Gasteiger partial charge >= 0.3 is 0 Å². The smallest absolute Gasteiger partial charge is 0.284 e. The van der Waals surface area contributed by atoms with Gasteiger partial charge in [0.15, 0.2) is 11.3 Å². The van der Waals surface area contributed by atoms with Crippen LogP contribution in [0.2, 0.25) is 0 Å². The highest BCUT2D eigenvalue weighted by atomic mass is 19.3. The lowest BCUT2D eigenvalue weighted by Crippen LogP contribution is -2.40. The number of carbonyl (C=O) groups excluding carboxylic acids is 3. The second-order valence-corrected chi connectivity index (χ2v) is 17.3. The van der Waals surface area contributed by atoms with Gasteiger partial charge in [0.25, 0.3) is 12.3 Å². The minimum atomic E-state index is -2.88. The molecule has 0 radical (unpaired) electrons. The third kappa shape index (κ3) is 9.80. The number of rotatable bonds is 13. The summed E-state index contributed by atoms with van der Waals surface area (Å²) in [7, 11) is 1.84. The van der Waals surface area contributed by atoms with E-state index in [2.05, 4.69) is 53.0 Å². The largest absolute Gasteiger partial charge is 0.390 e. The van der Waals surface area contributed by atoms with Crippen LogP contribution in [-0.2, 0) is 21.4 Å². The van der Waals surface area contributed by atoms with Crippen LogP contribution in [0.15, 0.2) is 42.9 Å². The van der Waals surface area contributed by atoms with Gasteiger partial charge in [-0.1, -0.05) is 24.0 Å². The number of hydrogen-bond donors (Lipinski definition) is 4. The van der Waals surface area contributed by atoms with Crippen molar-refractivity contribution in [2.45, 2.75) is 102 Å². The average molecular weight is 854 g/mol. The number of aliphatic hydroxyl groups is 1. The lowest BCUT2D eigenvalue weighted by molar-refractivity contribution is -0.134. The first kappa shape index (κ1) is 42.9. The molecule has 8 rings (SSSR count). The lowest BCUT2D eigenvalue weighted by Gasteiger charge is -2.36. The number of likely N-dealkylation sites (tertiary alicyclic amines) is 1. The Morgan fingerprint density at radius 3 is 2.61 bits per heavy atom. The molecule has 5 aromatic rings. The maximum atomic E-state index is 14.2. The number of fused-ring (bicyclic) bond motifs is 2. The maximum Gasteiger partial charge on any atom is 0.284 e. The van der Waals surface area contributed by atoms with Crippen molar-refractivity contribution in [3.05, 3.63) is 65.4 Å². The van der Waals surface area contributed by atoms with Crippen molar-refractivity contribution in [2.75, 3.05) is 43.4 Å². The molecule has 4 N–H and O–H groups in total. The number of anilines is 2. The summed E-state index contributed by atoms with van der Waals surface area (Å²) >= 11 is 0. The second-order valence-electron chi connectivity index (χ2n) is 17.3. The van der Waals surface area contributed by atoms with E-state index in [1.807, 2.05) is 25.2 Å². The minimum Gasteiger partial charge on any atom is -0.390 e. The van der Waals surface area contributed by atoms with Crippen molar-refractivity contribution in [2.24, 2.45) is 13.0 Å². The van der Waals surface area contributed by atoms with Gasteiger partial charge in [-0.25, -0.2) is 18.3 Å². The van der Waals surface area contributed by atoms with Crippen molar-refractivity contribution < 1.29 is 33.0 Å². The summed E-state index contributed by atoms with van der Waals surface area (Å²) in [6.45, 7) is 7.02. The predicted octanol–water partition coefficient (Wildman–Crippen LogP) is 5.36. The Kier molecular flexibility index (Phi) is 12.7. The highest BCUT2D eigenvalue weighted by molar-refractivity contribution is 6.08. The van der Waals surface area contributed by atoms with Gasteiger partial charge in [0.2, 0.25) is 11.8 Å². The Labute approximate surface area is 357 Å². The number of ether oxygens (including phenoxy) is 1. The van der Waals surface area contributed by atoms with E-state index in [-0.39, 0.29) is 47.3 Å². The number of hydrogen-bond acceptors (Lipinski definition) is 11. The maximum absolute atomic E-state index is 14.2. The van der Waals surface area contributed by atoms with Gasteiger partial charge in [-0.3, -0.25) is 29.1 Å². The van der Waals surface area contributed by atoms with Crippen LogP contribution in [0.5, 0.6) is 0 Å². The highest BCUT2D eigenvalue weighted by Gasteiger charge is 2.33. The number of benzene rings is 1. The first-order chi connectivity index (χ1) is 29.8. The van der Waals surface area contributed by atoms with E-state index in [9.17, 15) is 28.3 Å². The van der Waals surface area contributed by atoms with Crippen LogP contribution in [0, 0.1) is 17.8 Å². The fourth-order valence-corrected chi connectivity index (χ4v) is 8.85. The molecule has 1 aliphatic carbocycles. The quantitative estimate of drug-likeness (QED) is 0.0883. The molecule has 1 atom stereocenters. The Hall–Kier alpha value is -5.77. The average Bonchev–Trinajstić information content (AvgIpc) is 3.95. The van der Waals surface area contributed by atoms with Crippen LogP contribution in [0.3, 0.4) is 0 Å². The zero-order valence-electron chi connectivity index (χ0n) is 35.2. The summed E-state index contributed by atoms with van der Waals surface area (Å²) in [5.41, 5.74) is 1.36. The number of aromatic nitrogens is 7. The number of amides is 3. The molecule has 3 amide bonds. The molecule has 0 bridgehead atoms. The van der Waals surface area contributed by atoms with E-state index in [1.54, 1.807) is 35.5 Å². The van der Waals surface area contributed by atoms with Gasteiger partial charge in [0, 0.05) is 57.4 Å². The van der Waals surface area contributed by atoms with Crippen LogP contribution in [0.25, 0.3) is 16.6 Å². The molecular weight excluding hydrogens is 801 g/mol. The molecular formula is C44H53F2N11O5. The van der Waals surface area contributed by atoms with Crippen LogP contribution in [0.1, 0.15) is 117 Å². The number of para-hydroxylation sites is 1. The number of imide groups is 1. The predicted molar refractivity (Wildman–Crippen MR) is 227 cm³/mol. The first-order valence-electron chi connectivity index (χ1n) is 21.4. The number of aryl methyl sites for hydroxylation is 1. The summed E-state index contributed by atoms with van der Waals surface area (Å²) in [4.78, 5) is 44.6. The zero-order valence-corrected chi connectivity index (χ0v) is 35.2. The van der Waals surface area contributed by atoms with Gasteiger partial charge < -0.3 is 25.4 Å². The zero-order chi connectivity index (χ0) is 43.5. The van der Waals surface area contributed by atoms with Crippen molar-refractivity contribution in [1.82, 2.24) is 44.4 Å².